The molecular formula is C21H24ClFN6O4S. The summed E-state index contributed by atoms with van der Waals surface area (Å²) in [4.78, 5) is 11.8. The van der Waals surface area contributed by atoms with Crippen molar-refractivity contribution in [3.05, 3.63) is 46.9 Å². The highest BCUT2D eigenvalue weighted by Gasteiger charge is 2.36. The largest absolute Gasteiger partial charge is 0.409 e. The number of H-pyrrole nitrogens is 1. The Morgan fingerprint density at radius 3 is 2.79 bits per heavy atom. The smallest absolute Gasteiger partial charge is 0.202 e. The fraction of sp³-hybridized carbons (Fsp3) is 0.381. The molecule has 3 heterocycles. The molecule has 0 unspecified atom stereocenters. The molecule has 2 aromatic heterocycles. The predicted molar refractivity (Wildman–Crippen MR) is 128 cm³/mol. The number of nitrogens with zero attached hydrogens (tertiary/aromatic N) is 3. The topological polar surface area (TPSA) is 142 Å². The zero-order valence-electron chi connectivity index (χ0n) is 18.3. The highest BCUT2D eigenvalue weighted by molar-refractivity contribution is 7.90. The molecule has 4 rings (SSSR count). The molecule has 182 valence electrons. The van der Waals surface area contributed by atoms with Gasteiger partial charge in [0, 0.05) is 48.9 Å². The first-order valence-electron chi connectivity index (χ1n) is 10.5. The van der Waals surface area contributed by atoms with Crippen molar-refractivity contribution in [1.29, 1.82) is 0 Å². The van der Waals surface area contributed by atoms with Crippen LogP contribution in [0.2, 0.25) is 5.02 Å². The number of imidazole rings is 1. The van der Waals surface area contributed by atoms with Crippen LogP contribution in [-0.2, 0) is 14.6 Å². The first-order chi connectivity index (χ1) is 16.2. The van der Waals surface area contributed by atoms with Crippen molar-refractivity contribution in [3.8, 4) is 0 Å². The molecule has 0 radical (unpaired) electrons. The standard InChI is InChI=1S/C21H24ClFN6O4S/c1-34(31,32)12-21(5-8-33-9-6-21)11-25-20-27-17-14(4-7-24-19(17)28-20)18(29-30)26-13-2-3-16(23)15(22)10-13/h2-4,7,10,30H,5-6,8-9,11-12H2,1H3,(H,26,29)(H2,24,25,27,28). The normalized spacial score (nSPS) is 16.5. The van der Waals surface area contributed by atoms with Crippen LogP contribution in [0.25, 0.3) is 11.2 Å². The molecule has 0 atom stereocenters. The number of ether oxygens (including phenoxy) is 1. The van der Waals surface area contributed by atoms with Crippen LogP contribution in [0, 0.1) is 11.2 Å². The summed E-state index contributed by atoms with van der Waals surface area (Å²) in [5.74, 6) is -0.0471. The van der Waals surface area contributed by atoms with E-state index < -0.39 is 21.1 Å². The fourth-order valence-corrected chi connectivity index (χ4v) is 5.74. The Kier molecular flexibility index (Phi) is 6.91. The Morgan fingerprint density at radius 1 is 1.35 bits per heavy atom. The molecule has 1 saturated heterocycles. The van der Waals surface area contributed by atoms with Crippen molar-refractivity contribution >= 4 is 50.1 Å². The van der Waals surface area contributed by atoms with E-state index in [1.165, 1.54) is 30.7 Å². The fourth-order valence-electron chi connectivity index (χ4n) is 4.05. The van der Waals surface area contributed by atoms with Crippen molar-refractivity contribution in [2.45, 2.75) is 12.8 Å². The Hall–Kier alpha value is -2.96. The summed E-state index contributed by atoms with van der Waals surface area (Å²) in [5.41, 5.74) is 1.27. The number of hydrogen-bond donors (Lipinski definition) is 4. The van der Waals surface area contributed by atoms with Gasteiger partial charge in [0.15, 0.2) is 11.5 Å². The molecular weight excluding hydrogens is 487 g/mol. The number of amidine groups is 1. The number of pyridine rings is 1. The molecule has 34 heavy (non-hydrogen) atoms. The number of benzene rings is 1. The number of hydrogen-bond acceptors (Lipinski definition) is 8. The molecule has 0 amide bonds. The van der Waals surface area contributed by atoms with Crippen LogP contribution in [0.4, 0.5) is 16.0 Å². The number of fused-ring (bicyclic) bond motifs is 1. The van der Waals surface area contributed by atoms with Crippen LogP contribution >= 0.6 is 11.6 Å². The van der Waals surface area contributed by atoms with E-state index in [9.17, 15) is 18.0 Å². The van der Waals surface area contributed by atoms with Gasteiger partial charge in [-0.3, -0.25) is 0 Å². The first kappa shape index (κ1) is 24.2. The summed E-state index contributed by atoms with van der Waals surface area (Å²) in [7, 11) is -3.19. The van der Waals surface area contributed by atoms with Gasteiger partial charge in [-0.05, 0) is 37.1 Å². The van der Waals surface area contributed by atoms with Gasteiger partial charge < -0.3 is 25.6 Å². The van der Waals surface area contributed by atoms with Gasteiger partial charge in [-0.1, -0.05) is 16.8 Å². The number of rotatable bonds is 7. The molecule has 10 nitrogen and oxygen atoms in total. The number of aromatic amines is 1. The summed E-state index contributed by atoms with van der Waals surface area (Å²) in [5, 5.41) is 19.0. The van der Waals surface area contributed by atoms with Crippen molar-refractivity contribution in [1.82, 2.24) is 15.0 Å². The second kappa shape index (κ2) is 9.72. The molecule has 0 bridgehead atoms. The average molecular weight is 511 g/mol. The summed E-state index contributed by atoms with van der Waals surface area (Å²) in [6.07, 6.45) is 3.97. The van der Waals surface area contributed by atoms with Crippen molar-refractivity contribution in [2.24, 2.45) is 10.6 Å². The highest BCUT2D eigenvalue weighted by atomic mass is 35.5. The summed E-state index contributed by atoms with van der Waals surface area (Å²) in [6.45, 7) is 1.38. The predicted octanol–water partition coefficient (Wildman–Crippen LogP) is 3.25. The van der Waals surface area contributed by atoms with E-state index in [-0.39, 0.29) is 16.6 Å². The monoisotopic (exact) mass is 510 g/mol. The van der Waals surface area contributed by atoms with Gasteiger partial charge in [0.1, 0.15) is 15.7 Å². The van der Waals surface area contributed by atoms with Crippen molar-refractivity contribution < 1.29 is 22.8 Å². The van der Waals surface area contributed by atoms with E-state index in [4.69, 9.17) is 16.3 Å². The van der Waals surface area contributed by atoms with E-state index >= 15 is 0 Å². The maximum Gasteiger partial charge on any atom is 0.202 e. The molecule has 1 fully saturated rings. The number of nitrogens with one attached hydrogen (secondary N) is 3. The maximum absolute atomic E-state index is 13.5. The Labute approximate surface area is 200 Å². The number of aromatic nitrogens is 3. The third-order valence-electron chi connectivity index (χ3n) is 5.68. The van der Waals surface area contributed by atoms with Crippen molar-refractivity contribution in [2.75, 3.05) is 42.4 Å². The molecule has 1 aromatic carbocycles. The summed E-state index contributed by atoms with van der Waals surface area (Å²) >= 11 is 5.84. The van der Waals surface area contributed by atoms with Crippen LogP contribution in [0.1, 0.15) is 18.4 Å². The lowest BCUT2D eigenvalue weighted by molar-refractivity contribution is 0.0314. The number of oxime groups is 1. The zero-order valence-corrected chi connectivity index (χ0v) is 19.9. The second-order valence-electron chi connectivity index (χ2n) is 8.38. The first-order valence-corrected chi connectivity index (χ1v) is 12.9. The number of sulfone groups is 1. The van der Waals surface area contributed by atoms with E-state index in [1.54, 1.807) is 6.07 Å². The number of anilines is 2. The Morgan fingerprint density at radius 2 is 2.12 bits per heavy atom. The quantitative estimate of drug-likeness (QED) is 0.164. The maximum atomic E-state index is 13.5. The van der Waals surface area contributed by atoms with E-state index in [2.05, 4.69) is 30.7 Å². The summed E-state index contributed by atoms with van der Waals surface area (Å²) < 4.78 is 42.9. The van der Waals surface area contributed by atoms with Crippen molar-refractivity contribution in [3.63, 3.8) is 0 Å². The molecule has 13 heteroatoms. The van der Waals surface area contributed by atoms with E-state index in [0.29, 0.717) is 61.0 Å². The minimum absolute atomic E-state index is 0.0472. The minimum atomic E-state index is -3.19. The van der Waals surface area contributed by atoms with Crippen LogP contribution in [0.5, 0.6) is 0 Å². The Balaban J connectivity index is 1.58. The average Bonchev–Trinajstić information content (AvgIpc) is 3.21. The molecule has 1 aliphatic heterocycles. The third kappa shape index (κ3) is 5.57. The van der Waals surface area contributed by atoms with Crippen LogP contribution in [0.3, 0.4) is 0 Å². The molecule has 0 saturated carbocycles. The molecule has 0 aliphatic carbocycles. The second-order valence-corrected chi connectivity index (χ2v) is 10.9. The number of halogens is 2. The van der Waals surface area contributed by atoms with E-state index in [0.717, 1.165) is 0 Å². The van der Waals surface area contributed by atoms with Gasteiger partial charge in [0.05, 0.1) is 16.3 Å². The van der Waals surface area contributed by atoms with Gasteiger partial charge in [-0.15, -0.1) is 0 Å². The molecule has 1 aliphatic rings. The van der Waals surface area contributed by atoms with E-state index in [1.807, 2.05) is 0 Å². The van der Waals surface area contributed by atoms with Crippen LogP contribution in [-0.4, -0.2) is 66.2 Å². The third-order valence-corrected chi connectivity index (χ3v) is 7.11. The molecule has 0 spiro atoms. The Bertz CT molecular complexity index is 1320. The summed E-state index contributed by atoms with van der Waals surface area (Å²) in [6, 6.07) is 5.65. The lowest BCUT2D eigenvalue weighted by Crippen LogP contribution is -2.41. The molecule has 4 N–H and O–H groups in total. The SMILES string of the molecule is CS(=O)(=O)CC1(CNc2nc3nccc(/C(=N/O)Nc4ccc(F)c(Cl)c4)c3[nH]2)CCOCC1. The van der Waals surface area contributed by atoms with Gasteiger partial charge in [-0.2, -0.15) is 4.98 Å². The van der Waals surface area contributed by atoms with Gasteiger partial charge in [0.2, 0.25) is 5.95 Å². The van der Waals surface area contributed by atoms with Gasteiger partial charge in [0.25, 0.3) is 0 Å². The highest BCUT2D eigenvalue weighted by Crippen LogP contribution is 2.32. The molecule has 3 aromatic rings. The van der Waals surface area contributed by atoms with Crippen LogP contribution < -0.4 is 10.6 Å². The minimum Gasteiger partial charge on any atom is -0.409 e. The van der Waals surface area contributed by atoms with Crippen LogP contribution in [0.15, 0.2) is 35.6 Å². The lowest BCUT2D eigenvalue weighted by atomic mass is 9.82. The van der Waals surface area contributed by atoms with Gasteiger partial charge >= 0.3 is 0 Å². The van der Waals surface area contributed by atoms with Gasteiger partial charge in [-0.25, -0.2) is 17.8 Å². The lowest BCUT2D eigenvalue weighted by Gasteiger charge is -2.36. The zero-order chi connectivity index (χ0) is 24.3.